The van der Waals surface area contributed by atoms with Gasteiger partial charge in [0.25, 0.3) is 0 Å². The van der Waals surface area contributed by atoms with Crippen molar-refractivity contribution in [3.63, 3.8) is 0 Å². The number of nitriles is 1. The lowest BCUT2D eigenvalue weighted by molar-refractivity contribution is 0.322. The van der Waals surface area contributed by atoms with Crippen molar-refractivity contribution >= 4 is 5.69 Å². The van der Waals surface area contributed by atoms with E-state index >= 15 is 0 Å². The van der Waals surface area contributed by atoms with Crippen LogP contribution in [0.5, 0.6) is 5.75 Å². The van der Waals surface area contributed by atoms with Gasteiger partial charge in [0.2, 0.25) is 0 Å². The Bertz CT molecular complexity index is 491. The minimum atomic E-state index is -0.387. The van der Waals surface area contributed by atoms with Crippen molar-refractivity contribution in [3.8, 4) is 11.8 Å². The maximum absolute atomic E-state index is 9.37. The number of nitrogens with one attached hydrogen (secondary N) is 1. The quantitative estimate of drug-likeness (QED) is 0.874. The van der Waals surface area contributed by atoms with Gasteiger partial charge in [-0.1, -0.05) is 19.1 Å². The molecule has 1 aliphatic heterocycles. The predicted molar refractivity (Wildman–Crippen MR) is 85.7 cm³/mol. The second-order valence-corrected chi connectivity index (χ2v) is 5.56. The molecule has 1 atom stereocenters. The number of hydrogen-bond acceptors (Lipinski definition) is 4. The van der Waals surface area contributed by atoms with Crippen LogP contribution in [0.2, 0.25) is 0 Å². The molecule has 0 aromatic heterocycles. The highest BCUT2D eigenvalue weighted by Gasteiger charge is 2.25. The van der Waals surface area contributed by atoms with Gasteiger partial charge >= 0.3 is 0 Å². The van der Waals surface area contributed by atoms with Crippen LogP contribution in [0.25, 0.3) is 0 Å². The Kier molecular flexibility index (Phi) is 5.46. The summed E-state index contributed by atoms with van der Waals surface area (Å²) in [6.45, 7) is 4.82. The van der Waals surface area contributed by atoms with Crippen LogP contribution in [0, 0.1) is 11.3 Å². The Morgan fingerprint density at radius 3 is 2.95 bits per heavy atom. The SMILES string of the molecule is CCC(C#N)(CCCN1CCCOc2ccccc21)NC. The Hall–Kier alpha value is -1.73. The largest absolute Gasteiger partial charge is 0.491 e. The molecule has 1 N–H and O–H groups in total. The first-order chi connectivity index (χ1) is 10.2. The lowest BCUT2D eigenvalue weighted by atomic mass is 9.92. The first-order valence-corrected chi connectivity index (χ1v) is 7.81. The first-order valence-electron chi connectivity index (χ1n) is 7.81. The zero-order valence-electron chi connectivity index (χ0n) is 13.1. The van der Waals surface area contributed by atoms with Crippen LogP contribution in [0.15, 0.2) is 24.3 Å². The zero-order valence-corrected chi connectivity index (χ0v) is 13.1. The molecule has 0 radical (unpaired) electrons. The average Bonchev–Trinajstić information content (AvgIpc) is 2.75. The van der Waals surface area contributed by atoms with Crippen molar-refractivity contribution in [3.05, 3.63) is 24.3 Å². The molecule has 1 unspecified atom stereocenters. The van der Waals surface area contributed by atoms with E-state index in [1.165, 1.54) is 5.69 Å². The highest BCUT2D eigenvalue weighted by atomic mass is 16.5. The third kappa shape index (κ3) is 3.68. The Morgan fingerprint density at radius 2 is 2.24 bits per heavy atom. The van der Waals surface area contributed by atoms with Gasteiger partial charge in [-0.25, -0.2) is 0 Å². The number of hydrogen-bond donors (Lipinski definition) is 1. The molecule has 21 heavy (non-hydrogen) atoms. The summed E-state index contributed by atoms with van der Waals surface area (Å²) in [5.74, 6) is 0.977. The third-order valence-corrected chi connectivity index (χ3v) is 4.36. The summed E-state index contributed by atoms with van der Waals surface area (Å²) in [7, 11) is 1.88. The molecule has 2 rings (SSSR count). The van der Waals surface area contributed by atoms with E-state index in [1.807, 2.05) is 19.2 Å². The van der Waals surface area contributed by atoms with Crippen molar-refractivity contribution < 1.29 is 4.74 Å². The van der Waals surface area contributed by atoms with Crippen LogP contribution in [-0.2, 0) is 0 Å². The van der Waals surface area contributed by atoms with E-state index in [9.17, 15) is 5.26 Å². The molecule has 4 nitrogen and oxygen atoms in total. The van der Waals surface area contributed by atoms with Crippen molar-refractivity contribution in [1.82, 2.24) is 5.32 Å². The summed E-state index contributed by atoms with van der Waals surface area (Å²) >= 11 is 0. The van der Waals surface area contributed by atoms with Crippen LogP contribution in [0.4, 0.5) is 5.69 Å². The fourth-order valence-electron chi connectivity index (χ4n) is 2.87. The van der Waals surface area contributed by atoms with Crippen molar-refractivity contribution in [2.24, 2.45) is 0 Å². The van der Waals surface area contributed by atoms with Gasteiger partial charge in [-0.15, -0.1) is 0 Å². The number of ether oxygens (including phenoxy) is 1. The highest BCUT2D eigenvalue weighted by molar-refractivity contribution is 5.58. The summed E-state index contributed by atoms with van der Waals surface area (Å²) in [5.41, 5.74) is 0.792. The number of nitrogens with zero attached hydrogens (tertiary/aromatic N) is 2. The van der Waals surface area contributed by atoms with E-state index in [0.29, 0.717) is 0 Å². The van der Waals surface area contributed by atoms with Gasteiger partial charge in [-0.3, -0.25) is 0 Å². The molecular weight excluding hydrogens is 262 g/mol. The molecule has 0 saturated heterocycles. The summed E-state index contributed by atoms with van der Waals surface area (Å²) in [5, 5.41) is 12.6. The Morgan fingerprint density at radius 1 is 1.43 bits per heavy atom. The van der Waals surface area contributed by atoms with E-state index in [-0.39, 0.29) is 5.54 Å². The second-order valence-electron chi connectivity index (χ2n) is 5.56. The van der Waals surface area contributed by atoms with E-state index in [4.69, 9.17) is 4.74 Å². The lowest BCUT2D eigenvalue weighted by Crippen LogP contribution is -2.41. The molecule has 0 spiro atoms. The standard InChI is InChI=1S/C17H25N3O/c1-3-17(14-18,19-2)10-6-11-20-12-7-13-21-16-9-5-4-8-15(16)20/h4-5,8-9,19H,3,6-7,10-13H2,1-2H3. The van der Waals surface area contributed by atoms with Crippen LogP contribution >= 0.6 is 0 Å². The van der Waals surface area contributed by atoms with Crippen molar-refractivity contribution in [2.75, 3.05) is 31.6 Å². The molecular formula is C17H25N3O. The molecule has 0 amide bonds. The van der Waals surface area contributed by atoms with Gasteiger partial charge in [0.15, 0.2) is 0 Å². The van der Waals surface area contributed by atoms with E-state index in [2.05, 4.69) is 35.3 Å². The minimum absolute atomic E-state index is 0.387. The van der Waals surface area contributed by atoms with Crippen molar-refractivity contribution in [1.29, 1.82) is 5.26 Å². The monoisotopic (exact) mass is 287 g/mol. The van der Waals surface area contributed by atoms with Crippen LogP contribution in [0.1, 0.15) is 32.6 Å². The molecule has 1 aromatic rings. The minimum Gasteiger partial charge on any atom is -0.491 e. The van der Waals surface area contributed by atoms with Gasteiger partial charge in [0.1, 0.15) is 11.3 Å². The molecule has 4 heteroatoms. The average molecular weight is 287 g/mol. The molecule has 0 fully saturated rings. The third-order valence-electron chi connectivity index (χ3n) is 4.36. The van der Waals surface area contributed by atoms with E-state index < -0.39 is 0 Å². The molecule has 1 aromatic carbocycles. The van der Waals surface area contributed by atoms with Gasteiger partial charge in [-0.2, -0.15) is 5.26 Å². The normalized spacial score (nSPS) is 17.1. The number of para-hydroxylation sites is 2. The fraction of sp³-hybridized carbons (Fsp3) is 0.588. The lowest BCUT2D eigenvalue weighted by Gasteiger charge is -2.28. The maximum Gasteiger partial charge on any atom is 0.142 e. The number of anilines is 1. The maximum atomic E-state index is 9.37. The molecule has 0 bridgehead atoms. The first kappa shape index (κ1) is 15.7. The van der Waals surface area contributed by atoms with Crippen LogP contribution in [0.3, 0.4) is 0 Å². The van der Waals surface area contributed by atoms with Gasteiger partial charge in [0, 0.05) is 13.1 Å². The van der Waals surface area contributed by atoms with E-state index in [0.717, 1.165) is 51.1 Å². The highest BCUT2D eigenvalue weighted by Crippen LogP contribution is 2.31. The van der Waals surface area contributed by atoms with Crippen molar-refractivity contribution in [2.45, 2.75) is 38.1 Å². The summed E-state index contributed by atoms with van der Waals surface area (Å²) in [6, 6.07) is 10.7. The summed E-state index contributed by atoms with van der Waals surface area (Å²) in [6.07, 6.45) is 3.74. The summed E-state index contributed by atoms with van der Waals surface area (Å²) in [4.78, 5) is 2.38. The number of fused-ring (bicyclic) bond motifs is 1. The second kappa shape index (κ2) is 7.33. The molecule has 1 aliphatic rings. The number of benzene rings is 1. The fourth-order valence-corrected chi connectivity index (χ4v) is 2.87. The predicted octanol–water partition coefficient (Wildman–Crippen LogP) is 2.95. The molecule has 1 heterocycles. The van der Waals surface area contributed by atoms with Gasteiger partial charge < -0.3 is 15.0 Å². The van der Waals surface area contributed by atoms with E-state index in [1.54, 1.807) is 0 Å². The summed E-state index contributed by atoms with van der Waals surface area (Å²) < 4.78 is 5.78. The van der Waals surface area contributed by atoms with Gasteiger partial charge in [-0.05, 0) is 44.9 Å². The Balaban J connectivity index is 1.99. The zero-order chi connectivity index (χ0) is 15.1. The van der Waals surface area contributed by atoms with Gasteiger partial charge in [0.05, 0.1) is 18.4 Å². The molecule has 0 saturated carbocycles. The Labute approximate surface area is 127 Å². The number of rotatable bonds is 6. The molecule has 0 aliphatic carbocycles. The smallest absolute Gasteiger partial charge is 0.142 e. The topological polar surface area (TPSA) is 48.3 Å². The molecule has 114 valence electrons. The van der Waals surface area contributed by atoms with Crippen LogP contribution in [-0.4, -0.2) is 32.3 Å². The van der Waals surface area contributed by atoms with Crippen LogP contribution < -0.4 is 15.0 Å².